The van der Waals surface area contributed by atoms with E-state index in [-0.39, 0.29) is 11.8 Å². The molecule has 1 aromatic carbocycles. The topological polar surface area (TPSA) is 38.9 Å². The minimum absolute atomic E-state index is 0.143. The second-order valence-corrected chi connectivity index (χ2v) is 5.45. The lowest BCUT2D eigenvalue weighted by molar-refractivity contribution is 0.189. The molecule has 2 aromatic rings. The molecule has 0 bridgehead atoms. The third kappa shape index (κ3) is 2.92. The van der Waals surface area contributed by atoms with Crippen LogP contribution in [-0.2, 0) is 0 Å². The quantitative estimate of drug-likeness (QED) is 0.908. The zero-order valence-electron chi connectivity index (χ0n) is 11.7. The molecule has 2 N–H and O–H groups in total. The number of hydrogen-bond donors (Lipinski definition) is 1. The fourth-order valence-electron chi connectivity index (χ4n) is 2.39. The molecule has 102 valence electrons. The first kappa shape index (κ1) is 13.9. The number of halogens is 1. The van der Waals surface area contributed by atoms with Crippen LogP contribution in [0.15, 0.2) is 30.3 Å². The molecular formula is C16H21FN2. The summed E-state index contributed by atoms with van der Waals surface area (Å²) in [5.74, 6) is 0.0858. The van der Waals surface area contributed by atoms with Crippen LogP contribution in [0.5, 0.6) is 0 Å². The fourth-order valence-corrected chi connectivity index (χ4v) is 2.39. The van der Waals surface area contributed by atoms with Crippen LogP contribution in [0.3, 0.4) is 0 Å². The van der Waals surface area contributed by atoms with Gasteiger partial charge >= 0.3 is 0 Å². The Hall–Kier alpha value is -1.48. The van der Waals surface area contributed by atoms with Crippen LogP contribution in [0.1, 0.15) is 31.3 Å². The lowest BCUT2D eigenvalue weighted by Crippen LogP contribution is -2.24. The van der Waals surface area contributed by atoms with E-state index in [4.69, 9.17) is 5.73 Å². The Labute approximate surface area is 113 Å². The highest BCUT2D eigenvalue weighted by Crippen LogP contribution is 2.32. The Balaban J connectivity index is 2.37. The van der Waals surface area contributed by atoms with E-state index in [1.165, 1.54) is 0 Å². The summed E-state index contributed by atoms with van der Waals surface area (Å²) in [5, 5.41) is 0.977. The Morgan fingerprint density at radius 1 is 1.21 bits per heavy atom. The van der Waals surface area contributed by atoms with Crippen molar-refractivity contribution in [2.75, 3.05) is 6.54 Å². The third-order valence-corrected chi connectivity index (χ3v) is 3.68. The van der Waals surface area contributed by atoms with Crippen molar-refractivity contribution in [3.63, 3.8) is 0 Å². The van der Waals surface area contributed by atoms with Crippen molar-refractivity contribution in [3.05, 3.63) is 41.6 Å². The summed E-state index contributed by atoms with van der Waals surface area (Å²) in [5.41, 5.74) is 8.27. The number of pyridine rings is 1. The monoisotopic (exact) mass is 260 g/mol. The van der Waals surface area contributed by atoms with Gasteiger partial charge in [0, 0.05) is 17.0 Å². The van der Waals surface area contributed by atoms with Crippen molar-refractivity contribution in [3.8, 4) is 0 Å². The van der Waals surface area contributed by atoms with Crippen LogP contribution in [0.4, 0.5) is 4.39 Å². The fraction of sp³-hybridized carbons (Fsp3) is 0.438. The number of aryl methyl sites for hydroxylation is 1. The molecule has 0 aliphatic rings. The van der Waals surface area contributed by atoms with E-state index in [1.54, 1.807) is 0 Å². The van der Waals surface area contributed by atoms with Gasteiger partial charge in [0.05, 0.1) is 5.52 Å². The van der Waals surface area contributed by atoms with Crippen LogP contribution < -0.4 is 5.73 Å². The Morgan fingerprint density at radius 2 is 1.95 bits per heavy atom. The molecule has 19 heavy (non-hydrogen) atoms. The molecule has 0 saturated heterocycles. The van der Waals surface area contributed by atoms with Crippen molar-refractivity contribution in [1.29, 1.82) is 0 Å². The van der Waals surface area contributed by atoms with Gasteiger partial charge in [0.15, 0.2) is 0 Å². The van der Waals surface area contributed by atoms with E-state index in [2.05, 4.69) is 4.98 Å². The van der Waals surface area contributed by atoms with Crippen molar-refractivity contribution in [2.45, 2.75) is 26.9 Å². The third-order valence-electron chi connectivity index (χ3n) is 3.68. The molecule has 2 nitrogen and oxygen atoms in total. The second-order valence-electron chi connectivity index (χ2n) is 5.45. The molecule has 0 fully saturated rings. The summed E-state index contributed by atoms with van der Waals surface area (Å²) in [6.07, 6.45) is -1.02. The molecule has 2 rings (SSSR count). The van der Waals surface area contributed by atoms with Crippen LogP contribution >= 0.6 is 0 Å². The molecule has 0 saturated carbocycles. The van der Waals surface area contributed by atoms with Crippen LogP contribution in [0.25, 0.3) is 10.9 Å². The van der Waals surface area contributed by atoms with Crippen molar-refractivity contribution >= 4 is 10.9 Å². The Bertz CT molecular complexity index is 566. The molecule has 0 amide bonds. The number of benzene rings is 1. The maximum Gasteiger partial charge on any atom is 0.129 e. The Kier molecular flexibility index (Phi) is 4.15. The summed E-state index contributed by atoms with van der Waals surface area (Å²) < 4.78 is 14.6. The van der Waals surface area contributed by atoms with Gasteiger partial charge in [-0.05, 0) is 43.1 Å². The van der Waals surface area contributed by atoms with Crippen molar-refractivity contribution in [2.24, 2.45) is 17.6 Å². The SMILES string of the molecule is Cc1ccc2cc(C(F)C(CN)C(C)C)ccc2n1. The van der Waals surface area contributed by atoms with Crippen LogP contribution in [0.2, 0.25) is 0 Å². The zero-order valence-corrected chi connectivity index (χ0v) is 11.7. The molecular weight excluding hydrogens is 239 g/mol. The summed E-state index contributed by atoms with van der Waals surface area (Å²) in [6.45, 7) is 6.34. The maximum atomic E-state index is 14.6. The predicted octanol–water partition coefficient (Wildman–Crippen LogP) is 3.78. The smallest absolute Gasteiger partial charge is 0.129 e. The number of fused-ring (bicyclic) bond motifs is 1. The highest BCUT2D eigenvalue weighted by molar-refractivity contribution is 5.79. The van der Waals surface area contributed by atoms with Gasteiger partial charge in [-0.2, -0.15) is 0 Å². The first-order valence-electron chi connectivity index (χ1n) is 6.74. The van der Waals surface area contributed by atoms with Gasteiger partial charge in [-0.25, -0.2) is 4.39 Å². The summed E-state index contributed by atoms with van der Waals surface area (Å²) in [4.78, 5) is 4.43. The molecule has 2 atom stereocenters. The zero-order chi connectivity index (χ0) is 14.0. The first-order valence-corrected chi connectivity index (χ1v) is 6.74. The number of nitrogens with two attached hydrogens (primary N) is 1. The van der Waals surface area contributed by atoms with E-state index < -0.39 is 6.17 Å². The van der Waals surface area contributed by atoms with E-state index in [9.17, 15) is 4.39 Å². The maximum absolute atomic E-state index is 14.6. The molecule has 0 spiro atoms. The normalized spacial score (nSPS) is 14.8. The number of aromatic nitrogens is 1. The van der Waals surface area contributed by atoms with Gasteiger partial charge in [-0.3, -0.25) is 4.98 Å². The first-order chi connectivity index (χ1) is 9.02. The summed E-state index contributed by atoms with van der Waals surface area (Å²) in [7, 11) is 0. The minimum atomic E-state index is -1.02. The number of rotatable bonds is 4. The van der Waals surface area contributed by atoms with Crippen LogP contribution in [-0.4, -0.2) is 11.5 Å². The summed E-state index contributed by atoms with van der Waals surface area (Å²) in [6, 6.07) is 9.53. The molecule has 0 aliphatic carbocycles. The van der Waals surface area contributed by atoms with Gasteiger partial charge in [0.1, 0.15) is 6.17 Å². The van der Waals surface area contributed by atoms with Gasteiger partial charge < -0.3 is 5.73 Å². The minimum Gasteiger partial charge on any atom is -0.330 e. The van der Waals surface area contributed by atoms with E-state index >= 15 is 0 Å². The molecule has 1 heterocycles. The van der Waals surface area contributed by atoms with Gasteiger partial charge in [-0.15, -0.1) is 0 Å². The molecule has 0 radical (unpaired) electrons. The van der Waals surface area contributed by atoms with Gasteiger partial charge in [0.2, 0.25) is 0 Å². The van der Waals surface area contributed by atoms with Crippen molar-refractivity contribution < 1.29 is 4.39 Å². The molecule has 0 aliphatic heterocycles. The highest BCUT2D eigenvalue weighted by Gasteiger charge is 2.24. The van der Waals surface area contributed by atoms with E-state index in [0.29, 0.717) is 12.1 Å². The van der Waals surface area contributed by atoms with E-state index in [1.807, 2.05) is 51.1 Å². The molecule has 1 aromatic heterocycles. The molecule has 3 heteroatoms. The Morgan fingerprint density at radius 3 is 2.58 bits per heavy atom. The van der Waals surface area contributed by atoms with Crippen molar-refractivity contribution in [1.82, 2.24) is 4.98 Å². The number of alkyl halides is 1. The van der Waals surface area contributed by atoms with Gasteiger partial charge in [0.25, 0.3) is 0 Å². The average molecular weight is 260 g/mol. The highest BCUT2D eigenvalue weighted by atomic mass is 19.1. The van der Waals surface area contributed by atoms with Crippen LogP contribution in [0, 0.1) is 18.8 Å². The lowest BCUT2D eigenvalue weighted by atomic mass is 9.87. The largest absolute Gasteiger partial charge is 0.330 e. The lowest BCUT2D eigenvalue weighted by Gasteiger charge is -2.23. The summed E-state index contributed by atoms with van der Waals surface area (Å²) >= 11 is 0. The molecule has 2 unspecified atom stereocenters. The standard InChI is InChI=1S/C16H21FN2/c1-10(2)14(9-18)16(17)13-6-7-15-12(8-13)5-4-11(3)19-15/h4-8,10,14,16H,9,18H2,1-3H3. The van der Waals surface area contributed by atoms with Gasteiger partial charge in [-0.1, -0.05) is 26.0 Å². The second kappa shape index (κ2) is 5.66. The number of nitrogens with zero attached hydrogens (tertiary/aromatic N) is 1. The predicted molar refractivity (Wildman–Crippen MR) is 77.7 cm³/mol. The average Bonchev–Trinajstić information content (AvgIpc) is 2.38. The van der Waals surface area contributed by atoms with E-state index in [0.717, 1.165) is 16.6 Å². The number of hydrogen-bond acceptors (Lipinski definition) is 2.